The zero-order chi connectivity index (χ0) is 11.5. The van der Waals surface area contributed by atoms with Gasteiger partial charge >= 0.3 is 0 Å². The van der Waals surface area contributed by atoms with E-state index in [2.05, 4.69) is 0 Å². The molecule has 0 aliphatic carbocycles. The molecule has 2 rings (SSSR count). The fourth-order valence-corrected chi connectivity index (χ4v) is 1.86. The monoisotopic (exact) mass is 233 g/mol. The van der Waals surface area contributed by atoms with Gasteiger partial charge in [0.05, 0.1) is 0 Å². The van der Waals surface area contributed by atoms with E-state index in [1.165, 1.54) is 0 Å². The summed E-state index contributed by atoms with van der Waals surface area (Å²) < 4.78 is 0. The van der Waals surface area contributed by atoms with E-state index >= 15 is 0 Å². The Morgan fingerprint density at radius 2 is 1.50 bits per heavy atom. The van der Waals surface area contributed by atoms with E-state index in [1.807, 2.05) is 24.3 Å². The van der Waals surface area contributed by atoms with Gasteiger partial charge in [-0.25, -0.2) is 0 Å². The van der Waals surface area contributed by atoms with Gasteiger partial charge in [-0.05, 0) is 12.1 Å². The minimum atomic E-state index is -0.783. The standard InChI is InChI=1S/C13H12ClNO/c14-11-7-3-1-5-9(11)13(16)10-6-2-4-8-12(10)15/h1-8,13,16H,15H2. The quantitative estimate of drug-likeness (QED) is 0.784. The van der Waals surface area contributed by atoms with Crippen LogP contribution in [0.3, 0.4) is 0 Å². The lowest BCUT2D eigenvalue weighted by atomic mass is 10.0. The summed E-state index contributed by atoms with van der Waals surface area (Å²) in [5.74, 6) is 0. The largest absolute Gasteiger partial charge is 0.398 e. The van der Waals surface area contributed by atoms with Gasteiger partial charge in [-0.2, -0.15) is 0 Å². The fraction of sp³-hybridized carbons (Fsp3) is 0.0769. The van der Waals surface area contributed by atoms with E-state index in [0.29, 0.717) is 21.8 Å². The van der Waals surface area contributed by atoms with Gasteiger partial charge < -0.3 is 10.8 Å². The van der Waals surface area contributed by atoms with Crippen LogP contribution in [0.5, 0.6) is 0 Å². The zero-order valence-electron chi connectivity index (χ0n) is 8.60. The van der Waals surface area contributed by atoms with Crippen molar-refractivity contribution in [3.05, 3.63) is 64.7 Å². The predicted molar refractivity (Wildman–Crippen MR) is 66.4 cm³/mol. The van der Waals surface area contributed by atoms with Crippen molar-refractivity contribution >= 4 is 17.3 Å². The van der Waals surface area contributed by atoms with Crippen molar-refractivity contribution in [1.29, 1.82) is 0 Å². The Morgan fingerprint density at radius 3 is 2.12 bits per heavy atom. The van der Waals surface area contributed by atoms with Gasteiger partial charge in [-0.3, -0.25) is 0 Å². The first-order valence-corrected chi connectivity index (χ1v) is 5.35. The molecule has 16 heavy (non-hydrogen) atoms. The molecule has 0 bridgehead atoms. The third kappa shape index (κ3) is 2.03. The van der Waals surface area contributed by atoms with E-state index in [9.17, 15) is 5.11 Å². The van der Waals surface area contributed by atoms with Gasteiger partial charge in [-0.15, -0.1) is 0 Å². The lowest BCUT2D eigenvalue weighted by molar-refractivity contribution is 0.221. The minimum Gasteiger partial charge on any atom is -0.398 e. The van der Waals surface area contributed by atoms with Gasteiger partial charge in [0.15, 0.2) is 0 Å². The number of para-hydroxylation sites is 1. The molecule has 0 saturated heterocycles. The fourth-order valence-electron chi connectivity index (χ4n) is 1.62. The van der Waals surface area contributed by atoms with E-state index < -0.39 is 6.10 Å². The maximum absolute atomic E-state index is 10.2. The van der Waals surface area contributed by atoms with Crippen LogP contribution in [-0.2, 0) is 0 Å². The predicted octanol–water partition coefficient (Wildman–Crippen LogP) is 3.00. The summed E-state index contributed by atoms with van der Waals surface area (Å²) in [6.45, 7) is 0. The smallest absolute Gasteiger partial charge is 0.107 e. The zero-order valence-corrected chi connectivity index (χ0v) is 9.35. The first kappa shape index (κ1) is 11.0. The molecule has 1 unspecified atom stereocenters. The van der Waals surface area contributed by atoms with E-state index in [4.69, 9.17) is 17.3 Å². The molecule has 0 aliphatic rings. The van der Waals surface area contributed by atoms with Crippen LogP contribution in [-0.4, -0.2) is 5.11 Å². The number of anilines is 1. The van der Waals surface area contributed by atoms with Crippen LogP contribution in [0.2, 0.25) is 5.02 Å². The Balaban J connectivity index is 2.44. The van der Waals surface area contributed by atoms with Crippen molar-refractivity contribution in [3.63, 3.8) is 0 Å². The Kier molecular flexibility index (Phi) is 3.13. The molecule has 0 aliphatic heterocycles. The summed E-state index contributed by atoms with van der Waals surface area (Å²) in [6, 6.07) is 14.4. The molecular formula is C13H12ClNO. The van der Waals surface area contributed by atoms with Crippen LogP contribution >= 0.6 is 11.6 Å². The number of hydrogen-bond donors (Lipinski definition) is 2. The van der Waals surface area contributed by atoms with Crippen LogP contribution in [0.15, 0.2) is 48.5 Å². The summed E-state index contributed by atoms with van der Waals surface area (Å²) in [5.41, 5.74) is 7.72. The van der Waals surface area contributed by atoms with Gasteiger partial charge in [0.25, 0.3) is 0 Å². The molecule has 0 fully saturated rings. The maximum Gasteiger partial charge on any atom is 0.107 e. The minimum absolute atomic E-state index is 0.540. The van der Waals surface area contributed by atoms with Crippen molar-refractivity contribution in [1.82, 2.24) is 0 Å². The number of aliphatic hydroxyl groups excluding tert-OH is 1. The first-order valence-electron chi connectivity index (χ1n) is 4.97. The second-order valence-corrected chi connectivity index (χ2v) is 3.96. The first-order chi connectivity index (χ1) is 7.70. The molecule has 1 atom stereocenters. The van der Waals surface area contributed by atoms with E-state index in [-0.39, 0.29) is 0 Å². The number of nitrogen functional groups attached to an aromatic ring is 1. The average molecular weight is 234 g/mol. The highest BCUT2D eigenvalue weighted by Gasteiger charge is 2.15. The van der Waals surface area contributed by atoms with E-state index in [0.717, 1.165) is 0 Å². The van der Waals surface area contributed by atoms with Crippen molar-refractivity contribution in [2.75, 3.05) is 5.73 Å². The lowest BCUT2D eigenvalue weighted by Gasteiger charge is -2.14. The SMILES string of the molecule is Nc1ccccc1C(O)c1ccccc1Cl. The maximum atomic E-state index is 10.2. The number of benzene rings is 2. The molecule has 3 N–H and O–H groups in total. The molecule has 0 spiro atoms. The van der Waals surface area contributed by atoms with E-state index in [1.54, 1.807) is 24.3 Å². The number of halogens is 1. The highest BCUT2D eigenvalue weighted by atomic mass is 35.5. The van der Waals surface area contributed by atoms with Crippen LogP contribution in [0.4, 0.5) is 5.69 Å². The van der Waals surface area contributed by atoms with Crippen molar-refractivity contribution < 1.29 is 5.11 Å². The Morgan fingerprint density at radius 1 is 0.938 bits per heavy atom. The third-order valence-corrected chi connectivity index (χ3v) is 2.83. The molecular weight excluding hydrogens is 222 g/mol. The molecule has 2 aromatic rings. The summed E-state index contributed by atoms with van der Waals surface area (Å²) in [6.07, 6.45) is -0.783. The molecule has 0 saturated carbocycles. The molecule has 0 amide bonds. The second kappa shape index (κ2) is 4.56. The molecule has 3 heteroatoms. The van der Waals surface area contributed by atoms with Crippen molar-refractivity contribution in [2.45, 2.75) is 6.10 Å². The lowest BCUT2D eigenvalue weighted by Crippen LogP contribution is -2.03. The van der Waals surface area contributed by atoms with Gasteiger partial charge in [0, 0.05) is 21.8 Å². The molecule has 0 aromatic heterocycles. The van der Waals surface area contributed by atoms with Gasteiger partial charge in [0.2, 0.25) is 0 Å². The average Bonchev–Trinajstić information content (AvgIpc) is 2.29. The molecule has 82 valence electrons. The second-order valence-electron chi connectivity index (χ2n) is 3.55. The number of rotatable bonds is 2. The van der Waals surface area contributed by atoms with Gasteiger partial charge in [-0.1, -0.05) is 48.0 Å². The number of hydrogen-bond acceptors (Lipinski definition) is 2. The normalized spacial score (nSPS) is 12.4. The summed E-state index contributed by atoms with van der Waals surface area (Å²) in [4.78, 5) is 0. The molecule has 0 heterocycles. The third-order valence-electron chi connectivity index (χ3n) is 2.49. The Bertz CT molecular complexity index is 453. The molecule has 2 aromatic carbocycles. The van der Waals surface area contributed by atoms with Crippen LogP contribution in [0.25, 0.3) is 0 Å². The highest BCUT2D eigenvalue weighted by molar-refractivity contribution is 6.31. The summed E-state index contributed by atoms with van der Waals surface area (Å²) in [7, 11) is 0. The summed E-state index contributed by atoms with van der Waals surface area (Å²) >= 11 is 6.02. The Labute approximate surface area is 99.3 Å². The van der Waals surface area contributed by atoms with Crippen LogP contribution in [0.1, 0.15) is 17.2 Å². The van der Waals surface area contributed by atoms with Crippen LogP contribution < -0.4 is 5.73 Å². The highest BCUT2D eigenvalue weighted by Crippen LogP contribution is 2.30. The summed E-state index contributed by atoms with van der Waals surface area (Å²) in [5, 5.41) is 10.7. The topological polar surface area (TPSA) is 46.2 Å². The molecule has 2 nitrogen and oxygen atoms in total. The Hall–Kier alpha value is -1.51. The number of nitrogens with two attached hydrogens (primary N) is 1. The van der Waals surface area contributed by atoms with Crippen LogP contribution in [0, 0.1) is 0 Å². The number of aliphatic hydroxyl groups is 1. The van der Waals surface area contributed by atoms with Crippen molar-refractivity contribution in [2.24, 2.45) is 0 Å². The molecule has 0 radical (unpaired) electrons. The van der Waals surface area contributed by atoms with Gasteiger partial charge in [0.1, 0.15) is 6.10 Å². The van der Waals surface area contributed by atoms with Crippen molar-refractivity contribution in [3.8, 4) is 0 Å².